The number of rotatable bonds is 2. The topological polar surface area (TPSA) is 42.0 Å². The predicted molar refractivity (Wildman–Crippen MR) is 74.0 cm³/mol. The fraction of sp³-hybridized carbons (Fsp3) is 0.0909. The van der Waals surface area contributed by atoms with Gasteiger partial charge in [-0.3, -0.25) is 10.1 Å². The smallest absolute Gasteiger partial charge is 0.257 e. The highest BCUT2D eigenvalue weighted by molar-refractivity contribution is 9.10. The highest BCUT2D eigenvalue weighted by Gasteiger charge is 2.09. The lowest BCUT2D eigenvalue weighted by molar-refractivity contribution is 0.102. The number of aromatic nitrogens is 1. The van der Waals surface area contributed by atoms with Crippen LogP contribution in [0.4, 0.5) is 5.13 Å². The summed E-state index contributed by atoms with van der Waals surface area (Å²) >= 11 is 10.6. The van der Waals surface area contributed by atoms with E-state index in [4.69, 9.17) is 11.6 Å². The second-order valence-corrected chi connectivity index (χ2v) is 5.50. The molecular weight excluding hydrogens is 324 g/mol. The van der Waals surface area contributed by atoms with Gasteiger partial charge in [0.05, 0.1) is 10.7 Å². The first kappa shape index (κ1) is 12.5. The summed E-state index contributed by atoms with van der Waals surface area (Å²) in [5.74, 6) is -0.214. The van der Waals surface area contributed by atoms with E-state index in [0.717, 1.165) is 10.2 Å². The molecule has 6 heteroatoms. The van der Waals surface area contributed by atoms with Crippen molar-refractivity contribution >= 4 is 49.9 Å². The molecule has 1 aromatic carbocycles. The van der Waals surface area contributed by atoms with E-state index in [-0.39, 0.29) is 5.91 Å². The van der Waals surface area contributed by atoms with Crippen molar-refractivity contribution in [2.24, 2.45) is 0 Å². The van der Waals surface area contributed by atoms with Crippen molar-refractivity contribution < 1.29 is 4.79 Å². The molecular formula is C11H8BrClN2OS. The number of hydrogen-bond donors (Lipinski definition) is 1. The molecule has 2 aromatic rings. The van der Waals surface area contributed by atoms with Crippen LogP contribution in [0.5, 0.6) is 0 Å². The summed E-state index contributed by atoms with van der Waals surface area (Å²) in [5.41, 5.74) is 1.39. The molecule has 0 unspecified atom stereocenters. The number of benzene rings is 1. The van der Waals surface area contributed by atoms with Gasteiger partial charge in [-0.1, -0.05) is 11.6 Å². The quantitative estimate of drug-likeness (QED) is 0.899. The Morgan fingerprint density at radius 2 is 2.29 bits per heavy atom. The first-order chi connectivity index (χ1) is 8.06. The molecule has 1 amide bonds. The Morgan fingerprint density at radius 3 is 2.88 bits per heavy atom. The summed E-state index contributed by atoms with van der Waals surface area (Å²) in [6.45, 7) is 1.88. The number of hydrogen-bond acceptors (Lipinski definition) is 3. The van der Waals surface area contributed by atoms with Crippen LogP contribution < -0.4 is 5.32 Å². The first-order valence-corrected chi connectivity index (χ1v) is 6.80. The number of halogens is 2. The third kappa shape index (κ3) is 3.06. The van der Waals surface area contributed by atoms with Gasteiger partial charge in [0.25, 0.3) is 5.91 Å². The molecule has 0 aliphatic heterocycles. The van der Waals surface area contributed by atoms with Crippen LogP contribution in [-0.2, 0) is 0 Å². The summed E-state index contributed by atoms with van der Waals surface area (Å²) in [7, 11) is 0. The molecule has 3 nitrogen and oxygen atoms in total. The van der Waals surface area contributed by atoms with Gasteiger partial charge in [0.15, 0.2) is 5.13 Å². The van der Waals surface area contributed by atoms with E-state index < -0.39 is 0 Å². The molecule has 0 saturated heterocycles. The van der Waals surface area contributed by atoms with Crippen LogP contribution in [0.15, 0.2) is 28.1 Å². The number of carbonyl (C=O) groups excluding carboxylic acids is 1. The fourth-order valence-corrected chi connectivity index (χ4v) is 2.33. The van der Waals surface area contributed by atoms with Crippen molar-refractivity contribution in [2.45, 2.75) is 6.92 Å². The van der Waals surface area contributed by atoms with Gasteiger partial charge in [0, 0.05) is 15.4 Å². The van der Waals surface area contributed by atoms with Gasteiger partial charge in [0.2, 0.25) is 0 Å². The Kier molecular flexibility index (Phi) is 3.81. The first-order valence-electron chi connectivity index (χ1n) is 4.75. The van der Waals surface area contributed by atoms with Gasteiger partial charge in [-0.15, -0.1) is 11.3 Å². The van der Waals surface area contributed by atoms with Crippen LogP contribution in [0.3, 0.4) is 0 Å². The van der Waals surface area contributed by atoms with Gasteiger partial charge < -0.3 is 0 Å². The lowest BCUT2D eigenvalue weighted by atomic mass is 10.2. The van der Waals surface area contributed by atoms with Crippen LogP contribution in [0.2, 0.25) is 5.02 Å². The van der Waals surface area contributed by atoms with Gasteiger partial charge in [0.1, 0.15) is 0 Å². The molecule has 0 aliphatic carbocycles. The lowest BCUT2D eigenvalue weighted by Crippen LogP contribution is -2.11. The van der Waals surface area contributed by atoms with Crippen molar-refractivity contribution in [2.75, 3.05) is 5.32 Å². The van der Waals surface area contributed by atoms with Crippen molar-refractivity contribution in [3.8, 4) is 0 Å². The minimum atomic E-state index is -0.214. The number of aryl methyl sites for hydroxylation is 1. The van der Waals surface area contributed by atoms with Gasteiger partial charge in [-0.25, -0.2) is 4.98 Å². The highest BCUT2D eigenvalue weighted by atomic mass is 79.9. The van der Waals surface area contributed by atoms with E-state index in [1.165, 1.54) is 11.3 Å². The maximum Gasteiger partial charge on any atom is 0.257 e. The number of anilines is 1. The number of amides is 1. The molecule has 88 valence electrons. The zero-order chi connectivity index (χ0) is 12.4. The summed E-state index contributed by atoms with van der Waals surface area (Å²) in [4.78, 5) is 16.0. The molecule has 0 atom stereocenters. The normalized spacial score (nSPS) is 10.3. The molecule has 1 N–H and O–H groups in total. The number of carbonyl (C=O) groups is 1. The van der Waals surface area contributed by atoms with Crippen molar-refractivity contribution in [1.29, 1.82) is 0 Å². The molecule has 1 aromatic heterocycles. The average Bonchev–Trinajstić information content (AvgIpc) is 2.68. The number of nitrogens with one attached hydrogen (secondary N) is 1. The van der Waals surface area contributed by atoms with E-state index >= 15 is 0 Å². The van der Waals surface area contributed by atoms with Crippen LogP contribution in [-0.4, -0.2) is 10.9 Å². The fourth-order valence-electron chi connectivity index (χ4n) is 1.22. The van der Waals surface area contributed by atoms with E-state index in [0.29, 0.717) is 15.7 Å². The zero-order valence-electron chi connectivity index (χ0n) is 8.83. The molecule has 0 saturated carbocycles. The van der Waals surface area contributed by atoms with Gasteiger partial charge in [-0.05, 0) is 41.1 Å². The summed E-state index contributed by atoms with van der Waals surface area (Å²) < 4.78 is 0.765. The SMILES string of the molecule is Cc1csc(NC(=O)c2ccc(Br)c(Cl)c2)n1. The number of nitrogens with zero attached hydrogens (tertiary/aromatic N) is 1. The van der Waals surface area contributed by atoms with Crippen LogP contribution >= 0.6 is 38.9 Å². The average molecular weight is 332 g/mol. The molecule has 0 radical (unpaired) electrons. The molecule has 0 fully saturated rings. The van der Waals surface area contributed by atoms with Crippen LogP contribution in [0.1, 0.15) is 16.1 Å². The molecule has 0 spiro atoms. The summed E-state index contributed by atoms with van der Waals surface area (Å²) in [6, 6.07) is 5.05. The lowest BCUT2D eigenvalue weighted by Gasteiger charge is -2.03. The molecule has 1 heterocycles. The molecule has 0 aliphatic rings. The maximum atomic E-state index is 11.9. The Labute approximate surface area is 116 Å². The Hall–Kier alpha value is -0.910. The Morgan fingerprint density at radius 1 is 1.53 bits per heavy atom. The summed E-state index contributed by atoms with van der Waals surface area (Å²) in [5, 5.41) is 5.70. The second-order valence-electron chi connectivity index (χ2n) is 3.38. The van der Waals surface area contributed by atoms with Crippen LogP contribution in [0.25, 0.3) is 0 Å². The van der Waals surface area contributed by atoms with Crippen molar-refractivity contribution in [1.82, 2.24) is 4.98 Å². The van der Waals surface area contributed by atoms with E-state index in [9.17, 15) is 4.79 Å². The van der Waals surface area contributed by atoms with Crippen molar-refractivity contribution in [3.05, 3.63) is 44.3 Å². The largest absolute Gasteiger partial charge is 0.298 e. The van der Waals surface area contributed by atoms with E-state index in [2.05, 4.69) is 26.2 Å². The third-order valence-corrected chi connectivity index (χ3v) is 4.13. The van der Waals surface area contributed by atoms with Gasteiger partial charge >= 0.3 is 0 Å². The van der Waals surface area contributed by atoms with E-state index in [1.807, 2.05) is 12.3 Å². The Bertz CT molecular complexity index is 570. The standard InChI is InChI=1S/C11H8BrClN2OS/c1-6-5-17-11(14-6)15-10(16)7-2-3-8(12)9(13)4-7/h2-5H,1H3,(H,14,15,16). The highest BCUT2D eigenvalue weighted by Crippen LogP contribution is 2.24. The minimum Gasteiger partial charge on any atom is -0.298 e. The van der Waals surface area contributed by atoms with E-state index in [1.54, 1.807) is 18.2 Å². The zero-order valence-corrected chi connectivity index (χ0v) is 12.0. The van der Waals surface area contributed by atoms with Gasteiger partial charge in [-0.2, -0.15) is 0 Å². The second kappa shape index (κ2) is 5.16. The predicted octanol–water partition coefficient (Wildman–Crippen LogP) is 4.12. The molecule has 2 rings (SSSR count). The Balaban J connectivity index is 2.17. The molecule has 0 bridgehead atoms. The maximum absolute atomic E-state index is 11.9. The summed E-state index contributed by atoms with van der Waals surface area (Å²) in [6.07, 6.45) is 0. The molecule has 17 heavy (non-hydrogen) atoms. The number of thiazole rings is 1. The minimum absolute atomic E-state index is 0.214. The van der Waals surface area contributed by atoms with Crippen LogP contribution in [0, 0.1) is 6.92 Å². The monoisotopic (exact) mass is 330 g/mol. The van der Waals surface area contributed by atoms with Crippen molar-refractivity contribution in [3.63, 3.8) is 0 Å². The third-order valence-electron chi connectivity index (χ3n) is 2.02.